The summed E-state index contributed by atoms with van der Waals surface area (Å²) in [5.41, 5.74) is 7.46. The number of benzene rings is 1. The highest BCUT2D eigenvalue weighted by Gasteiger charge is 2.21. The largest absolute Gasteiger partial charge is 0.493 e. The van der Waals surface area contributed by atoms with Crippen LogP contribution in [0.5, 0.6) is 5.75 Å². The number of hydrogen-bond acceptors (Lipinski definition) is 4. The molecule has 0 bridgehead atoms. The average molecular weight is 230 g/mol. The summed E-state index contributed by atoms with van der Waals surface area (Å²) in [7, 11) is 0. The zero-order valence-corrected chi connectivity index (χ0v) is 9.43. The molecule has 88 valence electrons. The first-order valence-corrected chi connectivity index (χ1v) is 5.76. The van der Waals surface area contributed by atoms with Crippen LogP contribution in [0, 0.1) is 5.92 Å². The number of nitrogen functional groups attached to an aromatic ring is 1. The van der Waals surface area contributed by atoms with E-state index in [0.717, 1.165) is 29.4 Å². The zero-order valence-electron chi connectivity index (χ0n) is 9.43. The Kier molecular flexibility index (Phi) is 2.48. The van der Waals surface area contributed by atoms with Gasteiger partial charge in [0.1, 0.15) is 5.75 Å². The zero-order chi connectivity index (χ0) is 11.7. The van der Waals surface area contributed by atoms with Crippen LogP contribution in [0.15, 0.2) is 35.0 Å². The summed E-state index contributed by atoms with van der Waals surface area (Å²) in [6.07, 6.45) is 4.22. The predicted octanol–water partition coefficient (Wildman–Crippen LogP) is 2.71. The first kappa shape index (κ1) is 10.2. The Hall–Kier alpha value is -1.97. The Morgan fingerprint density at radius 2 is 2.06 bits per heavy atom. The van der Waals surface area contributed by atoms with E-state index >= 15 is 0 Å². The third kappa shape index (κ3) is 2.25. The molecule has 1 saturated carbocycles. The number of nitrogens with zero attached hydrogens (tertiary/aromatic N) is 1. The fraction of sp³-hybridized carbons (Fsp3) is 0.308. The lowest BCUT2D eigenvalue weighted by Gasteiger charge is -2.05. The molecule has 3 rings (SSSR count). The number of rotatable bonds is 4. The summed E-state index contributed by atoms with van der Waals surface area (Å²) in [6, 6.07) is 7.82. The van der Waals surface area contributed by atoms with Gasteiger partial charge in [-0.15, -0.1) is 0 Å². The van der Waals surface area contributed by atoms with Crippen molar-refractivity contribution in [2.24, 2.45) is 5.92 Å². The Labute approximate surface area is 99.4 Å². The van der Waals surface area contributed by atoms with Crippen LogP contribution < -0.4 is 10.5 Å². The lowest BCUT2D eigenvalue weighted by molar-refractivity contribution is 0.300. The molecular weight excluding hydrogens is 216 g/mol. The van der Waals surface area contributed by atoms with Gasteiger partial charge in [0, 0.05) is 0 Å². The molecule has 1 heterocycles. The smallest absolute Gasteiger partial charge is 0.229 e. The average Bonchev–Trinajstić information content (AvgIpc) is 3.09. The SMILES string of the molecule is Nc1oncc1-c1ccc(OCC2CC2)cc1. The van der Waals surface area contributed by atoms with E-state index in [1.807, 2.05) is 24.3 Å². The van der Waals surface area contributed by atoms with Gasteiger partial charge in [-0.2, -0.15) is 0 Å². The number of ether oxygens (including phenoxy) is 1. The number of hydrogen-bond donors (Lipinski definition) is 1. The fourth-order valence-corrected chi connectivity index (χ4v) is 1.69. The van der Waals surface area contributed by atoms with Crippen molar-refractivity contribution >= 4 is 5.88 Å². The second kappa shape index (κ2) is 4.13. The molecule has 2 aromatic rings. The van der Waals surface area contributed by atoms with Crippen LogP contribution in [0.1, 0.15) is 12.8 Å². The fourth-order valence-electron chi connectivity index (χ4n) is 1.69. The van der Waals surface area contributed by atoms with E-state index in [1.165, 1.54) is 12.8 Å². The van der Waals surface area contributed by atoms with Gasteiger partial charge in [0.25, 0.3) is 0 Å². The third-order valence-corrected chi connectivity index (χ3v) is 2.95. The molecule has 4 heteroatoms. The van der Waals surface area contributed by atoms with Crippen molar-refractivity contribution in [2.75, 3.05) is 12.3 Å². The van der Waals surface area contributed by atoms with Crippen LogP contribution in [-0.2, 0) is 0 Å². The van der Waals surface area contributed by atoms with E-state index in [0.29, 0.717) is 5.88 Å². The van der Waals surface area contributed by atoms with Crippen molar-refractivity contribution in [2.45, 2.75) is 12.8 Å². The van der Waals surface area contributed by atoms with E-state index < -0.39 is 0 Å². The van der Waals surface area contributed by atoms with Crippen molar-refractivity contribution in [3.63, 3.8) is 0 Å². The highest BCUT2D eigenvalue weighted by atomic mass is 16.5. The van der Waals surface area contributed by atoms with Gasteiger partial charge in [-0.3, -0.25) is 0 Å². The van der Waals surface area contributed by atoms with Gasteiger partial charge in [-0.1, -0.05) is 17.3 Å². The van der Waals surface area contributed by atoms with Crippen LogP contribution in [0.2, 0.25) is 0 Å². The monoisotopic (exact) mass is 230 g/mol. The van der Waals surface area contributed by atoms with E-state index in [1.54, 1.807) is 6.20 Å². The molecule has 1 aromatic carbocycles. The highest BCUT2D eigenvalue weighted by molar-refractivity contribution is 5.72. The molecule has 2 N–H and O–H groups in total. The Morgan fingerprint density at radius 1 is 1.29 bits per heavy atom. The Bertz CT molecular complexity index is 500. The molecule has 0 radical (unpaired) electrons. The Morgan fingerprint density at radius 3 is 2.65 bits per heavy atom. The van der Waals surface area contributed by atoms with Gasteiger partial charge in [-0.25, -0.2) is 0 Å². The standard InChI is InChI=1S/C13H14N2O2/c14-13-12(7-15-17-13)10-3-5-11(6-4-10)16-8-9-1-2-9/h3-7,9H,1-2,8,14H2. The van der Waals surface area contributed by atoms with Crippen molar-refractivity contribution < 1.29 is 9.26 Å². The molecule has 0 saturated heterocycles. The van der Waals surface area contributed by atoms with Gasteiger partial charge in [0.05, 0.1) is 18.4 Å². The lowest BCUT2D eigenvalue weighted by Crippen LogP contribution is -1.98. The normalized spacial score (nSPS) is 14.8. The molecule has 1 aromatic heterocycles. The molecule has 4 nitrogen and oxygen atoms in total. The third-order valence-electron chi connectivity index (χ3n) is 2.95. The summed E-state index contributed by atoms with van der Waals surface area (Å²) in [5.74, 6) is 2.01. The van der Waals surface area contributed by atoms with Gasteiger partial charge in [-0.05, 0) is 36.5 Å². The van der Waals surface area contributed by atoms with E-state index in [2.05, 4.69) is 5.16 Å². The molecule has 0 amide bonds. The first-order chi connectivity index (χ1) is 8.33. The second-order valence-corrected chi connectivity index (χ2v) is 4.38. The molecule has 1 fully saturated rings. The minimum atomic E-state index is 0.344. The number of aromatic nitrogens is 1. The summed E-state index contributed by atoms with van der Waals surface area (Å²) < 4.78 is 10.5. The van der Waals surface area contributed by atoms with Gasteiger partial charge < -0.3 is 15.0 Å². The van der Waals surface area contributed by atoms with Crippen molar-refractivity contribution in [3.05, 3.63) is 30.5 Å². The maximum atomic E-state index is 5.66. The van der Waals surface area contributed by atoms with E-state index in [9.17, 15) is 0 Å². The lowest BCUT2D eigenvalue weighted by atomic mass is 10.1. The minimum absolute atomic E-state index is 0.344. The second-order valence-electron chi connectivity index (χ2n) is 4.38. The molecule has 0 atom stereocenters. The maximum absolute atomic E-state index is 5.66. The van der Waals surface area contributed by atoms with Crippen LogP contribution in [0.4, 0.5) is 5.88 Å². The Balaban J connectivity index is 1.72. The summed E-state index contributed by atoms with van der Waals surface area (Å²) in [6.45, 7) is 0.828. The molecule has 17 heavy (non-hydrogen) atoms. The van der Waals surface area contributed by atoms with Crippen LogP contribution >= 0.6 is 0 Å². The quantitative estimate of drug-likeness (QED) is 0.877. The molecule has 1 aliphatic rings. The minimum Gasteiger partial charge on any atom is -0.493 e. The topological polar surface area (TPSA) is 61.3 Å². The number of nitrogens with two attached hydrogens (primary N) is 1. The molecule has 0 aliphatic heterocycles. The van der Waals surface area contributed by atoms with E-state index in [-0.39, 0.29) is 0 Å². The molecule has 1 aliphatic carbocycles. The van der Waals surface area contributed by atoms with Gasteiger partial charge in [0.2, 0.25) is 5.88 Å². The number of anilines is 1. The molecule has 0 spiro atoms. The van der Waals surface area contributed by atoms with Crippen molar-refractivity contribution in [1.29, 1.82) is 0 Å². The van der Waals surface area contributed by atoms with Crippen molar-refractivity contribution in [1.82, 2.24) is 5.16 Å². The first-order valence-electron chi connectivity index (χ1n) is 5.76. The summed E-state index contributed by atoms with van der Waals surface area (Å²) in [4.78, 5) is 0. The summed E-state index contributed by atoms with van der Waals surface area (Å²) >= 11 is 0. The van der Waals surface area contributed by atoms with Gasteiger partial charge in [0.15, 0.2) is 0 Å². The maximum Gasteiger partial charge on any atom is 0.229 e. The van der Waals surface area contributed by atoms with Crippen LogP contribution in [0.25, 0.3) is 11.1 Å². The molecule has 0 unspecified atom stereocenters. The molecular formula is C13H14N2O2. The predicted molar refractivity (Wildman–Crippen MR) is 64.6 cm³/mol. The van der Waals surface area contributed by atoms with Crippen molar-refractivity contribution in [3.8, 4) is 16.9 Å². The van der Waals surface area contributed by atoms with E-state index in [4.69, 9.17) is 15.0 Å². The van der Waals surface area contributed by atoms with Crippen LogP contribution in [-0.4, -0.2) is 11.8 Å². The van der Waals surface area contributed by atoms with Crippen LogP contribution in [0.3, 0.4) is 0 Å². The summed E-state index contributed by atoms with van der Waals surface area (Å²) in [5, 5.41) is 3.66. The van der Waals surface area contributed by atoms with Gasteiger partial charge >= 0.3 is 0 Å². The highest BCUT2D eigenvalue weighted by Crippen LogP contribution is 2.30.